The normalized spacial score (nSPS) is 14.1. The minimum atomic E-state index is -0.311. The van der Waals surface area contributed by atoms with Crippen molar-refractivity contribution in [2.24, 2.45) is 5.84 Å². The van der Waals surface area contributed by atoms with Crippen molar-refractivity contribution in [3.63, 3.8) is 0 Å². The van der Waals surface area contributed by atoms with Crippen LogP contribution in [0, 0.1) is 5.41 Å². The van der Waals surface area contributed by atoms with Gasteiger partial charge in [-0.1, -0.05) is 18.2 Å². The highest BCUT2D eigenvalue weighted by Gasteiger charge is 2.24. The third-order valence-electron chi connectivity index (χ3n) is 5.85. The Morgan fingerprint density at radius 3 is 2.61 bits per heavy atom. The van der Waals surface area contributed by atoms with Gasteiger partial charge in [0.25, 0.3) is 5.91 Å². The number of carbonyl (C=O) groups excluding carboxylic acids is 2. The van der Waals surface area contributed by atoms with Gasteiger partial charge in [0, 0.05) is 31.4 Å². The van der Waals surface area contributed by atoms with Crippen LogP contribution in [0.4, 0.5) is 4.79 Å². The van der Waals surface area contributed by atoms with Gasteiger partial charge >= 0.3 is 6.03 Å². The number of urea groups is 1. The van der Waals surface area contributed by atoms with E-state index in [-0.39, 0.29) is 23.8 Å². The fourth-order valence-corrected chi connectivity index (χ4v) is 3.81. The average molecular weight is 498 g/mol. The van der Waals surface area contributed by atoms with Crippen molar-refractivity contribution in [2.75, 3.05) is 20.2 Å². The van der Waals surface area contributed by atoms with Crippen LogP contribution in [0.1, 0.15) is 56.1 Å². The highest BCUT2D eigenvalue weighted by molar-refractivity contribution is 5.98. The second-order valence-electron chi connectivity index (χ2n) is 8.68. The molecule has 1 aromatic rings. The molecular weight excluding hydrogens is 458 g/mol. The number of hydrogen-bond acceptors (Lipinski definition) is 6. The Balaban J connectivity index is 2.18. The Labute approximate surface area is 213 Å². The van der Waals surface area contributed by atoms with Crippen LogP contribution >= 0.6 is 0 Å². The van der Waals surface area contributed by atoms with Gasteiger partial charge < -0.3 is 20.3 Å². The number of allylic oxidation sites excluding steroid dienone is 4. The molecular formula is C26H39N7O3. The van der Waals surface area contributed by atoms with Crippen LogP contribution in [-0.2, 0) is 13.0 Å². The number of carbonyl (C=O) groups is 2. The number of hydrogen-bond donors (Lipinski definition) is 5. The zero-order valence-electron chi connectivity index (χ0n) is 22.1. The van der Waals surface area contributed by atoms with Crippen molar-refractivity contribution in [3.05, 3.63) is 64.4 Å². The van der Waals surface area contributed by atoms with Gasteiger partial charge in [-0.05, 0) is 75.9 Å². The number of hydrazine groups is 2. The molecule has 1 heterocycles. The lowest BCUT2D eigenvalue weighted by Crippen LogP contribution is -2.50. The van der Waals surface area contributed by atoms with Gasteiger partial charge in [-0.3, -0.25) is 21.1 Å². The van der Waals surface area contributed by atoms with E-state index in [2.05, 4.69) is 16.2 Å². The summed E-state index contributed by atoms with van der Waals surface area (Å²) in [6, 6.07) is 3.59. The molecule has 36 heavy (non-hydrogen) atoms. The average Bonchev–Trinajstić information content (AvgIpc) is 2.86. The van der Waals surface area contributed by atoms with E-state index in [1.165, 1.54) is 7.11 Å². The molecule has 196 valence electrons. The van der Waals surface area contributed by atoms with Gasteiger partial charge in [0.15, 0.2) is 0 Å². The van der Waals surface area contributed by atoms with E-state index in [1.807, 2.05) is 40.7 Å². The first kappa shape index (κ1) is 28.6. The molecule has 0 spiro atoms. The second kappa shape index (κ2) is 13.5. The van der Waals surface area contributed by atoms with E-state index < -0.39 is 0 Å². The molecule has 0 atom stereocenters. The number of amides is 3. The van der Waals surface area contributed by atoms with Crippen molar-refractivity contribution in [2.45, 2.75) is 53.6 Å². The molecule has 0 saturated carbocycles. The molecule has 0 aliphatic carbocycles. The molecule has 0 saturated heterocycles. The number of amidine groups is 1. The number of fused-ring (bicyclic) bond motifs is 1. The Hall–Kier alpha value is -3.63. The van der Waals surface area contributed by atoms with Crippen molar-refractivity contribution >= 4 is 17.8 Å². The van der Waals surface area contributed by atoms with Crippen LogP contribution in [0.2, 0.25) is 0 Å². The number of ether oxygens (including phenoxy) is 1. The van der Waals surface area contributed by atoms with Gasteiger partial charge in [-0.15, -0.1) is 0 Å². The molecule has 3 amide bonds. The van der Waals surface area contributed by atoms with Gasteiger partial charge in [0.05, 0.1) is 12.7 Å². The maximum absolute atomic E-state index is 13.2. The van der Waals surface area contributed by atoms with E-state index >= 15 is 0 Å². The van der Waals surface area contributed by atoms with E-state index in [9.17, 15) is 9.59 Å². The summed E-state index contributed by atoms with van der Waals surface area (Å²) in [5.74, 6) is 5.96. The van der Waals surface area contributed by atoms with Crippen molar-refractivity contribution < 1.29 is 14.3 Å². The fourth-order valence-electron chi connectivity index (χ4n) is 3.81. The third kappa shape index (κ3) is 7.19. The SMILES string of the molecule is C/C=C(/C=C\C=C(/C)C(=N)N(NN)C(C)C)NC(=O)c1cc2c(cc1OC)CCN(C(=O)NCC)C2. The molecule has 0 fully saturated rings. The molecule has 1 aliphatic rings. The van der Waals surface area contributed by atoms with Crippen LogP contribution < -0.4 is 26.7 Å². The van der Waals surface area contributed by atoms with Crippen LogP contribution in [0.5, 0.6) is 5.75 Å². The number of nitrogens with one attached hydrogen (secondary N) is 4. The highest BCUT2D eigenvalue weighted by Crippen LogP contribution is 2.28. The fraction of sp³-hybridized carbons (Fsp3) is 0.423. The summed E-state index contributed by atoms with van der Waals surface area (Å²) in [7, 11) is 1.54. The maximum atomic E-state index is 13.2. The molecule has 6 N–H and O–H groups in total. The largest absolute Gasteiger partial charge is 0.496 e. The number of nitrogens with two attached hydrogens (primary N) is 1. The maximum Gasteiger partial charge on any atom is 0.317 e. The summed E-state index contributed by atoms with van der Waals surface area (Å²) in [5, 5.41) is 15.6. The Morgan fingerprint density at radius 1 is 1.31 bits per heavy atom. The first-order valence-electron chi connectivity index (χ1n) is 12.1. The monoisotopic (exact) mass is 497 g/mol. The number of methoxy groups -OCH3 is 1. The molecule has 10 heteroatoms. The van der Waals surface area contributed by atoms with Crippen LogP contribution in [0.15, 0.2) is 47.7 Å². The van der Waals surface area contributed by atoms with Crippen LogP contribution in [0.3, 0.4) is 0 Å². The Bertz CT molecular complexity index is 1060. The minimum absolute atomic E-state index is 0.0138. The second-order valence-corrected chi connectivity index (χ2v) is 8.68. The van der Waals surface area contributed by atoms with Gasteiger partial charge in [0.1, 0.15) is 11.6 Å². The zero-order chi connectivity index (χ0) is 26.8. The van der Waals surface area contributed by atoms with Crippen LogP contribution in [0.25, 0.3) is 0 Å². The molecule has 2 rings (SSSR count). The number of nitrogens with zero attached hydrogens (tertiary/aromatic N) is 2. The smallest absolute Gasteiger partial charge is 0.317 e. The van der Waals surface area contributed by atoms with E-state index in [0.29, 0.717) is 48.6 Å². The quantitative estimate of drug-likeness (QED) is 0.117. The topological polar surface area (TPSA) is 136 Å². The predicted octanol–water partition coefficient (Wildman–Crippen LogP) is 2.98. The molecule has 0 bridgehead atoms. The van der Waals surface area contributed by atoms with Crippen LogP contribution in [-0.4, -0.2) is 53.9 Å². The Kier molecular flexibility index (Phi) is 10.7. The van der Waals surface area contributed by atoms with Gasteiger partial charge in [0.2, 0.25) is 0 Å². The first-order chi connectivity index (χ1) is 17.2. The summed E-state index contributed by atoms with van der Waals surface area (Å²) in [6.45, 7) is 11.0. The lowest BCUT2D eigenvalue weighted by molar-refractivity contribution is 0.0964. The molecule has 0 unspecified atom stereocenters. The van der Waals surface area contributed by atoms with Crippen molar-refractivity contribution in [1.29, 1.82) is 5.41 Å². The number of rotatable bonds is 9. The Morgan fingerprint density at radius 2 is 2.03 bits per heavy atom. The summed E-state index contributed by atoms with van der Waals surface area (Å²) in [4.78, 5) is 27.2. The standard InChI is InChI=1S/C26H39N7O3/c1-7-21(11-9-10-18(5)24(27)33(31-28)17(3)4)30-25(34)22-14-20-16-32(26(35)29-8-2)13-12-19(20)15-23(22)36-6/h7,9-11,14-15,17,27,31H,8,12-13,16,28H2,1-6H3,(H,29,35)(H,30,34)/b11-9-,18-10+,21-7-,27-24?. The molecule has 10 nitrogen and oxygen atoms in total. The zero-order valence-corrected chi connectivity index (χ0v) is 22.1. The predicted molar refractivity (Wildman–Crippen MR) is 142 cm³/mol. The summed E-state index contributed by atoms with van der Waals surface area (Å²) >= 11 is 0. The van der Waals surface area contributed by atoms with E-state index in [1.54, 1.807) is 40.3 Å². The molecule has 1 aromatic carbocycles. The lowest BCUT2D eigenvalue weighted by atomic mass is 9.96. The van der Waals surface area contributed by atoms with Gasteiger partial charge in [-0.2, -0.15) is 5.53 Å². The summed E-state index contributed by atoms with van der Waals surface area (Å²) in [6.07, 6.45) is 7.78. The van der Waals surface area contributed by atoms with Gasteiger partial charge in [-0.25, -0.2) is 4.79 Å². The lowest BCUT2D eigenvalue weighted by Gasteiger charge is -2.29. The van der Waals surface area contributed by atoms with Crippen molar-refractivity contribution in [1.82, 2.24) is 26.1 Å². The van der Waals surface area contributed by atoms with E-state index in [4.69, 9.17) is 16.0 Å². The number of benzene rings is 1. The van der Waals surface area contributed by atoms with E-state index in [0.717, 1.165) is 11.1 Å². The third-order valence-corrected chi connectivity index (χ3v) is 5.85. The highest BCUT2D eigenvalue weighted by atomic mass is 16.5. The summed E-state index contributed by atoms with van der Waals surface area (Å²) in [5.41, 5.74) is 6.22. The molecule has 0 aromatic heterocycles. The summed E-state index contributed by atoms with van der Waals surface area (Å²) < 4.78 is 5.51. The minimum Gasteiger partial charge on any atom is -0.496 e. The molecule has 1 aliphatic heterocycles. The first-order valence-corrected chi connectivity index (χ1v) is 12.1. The molecule has 0 radical (unpaired) electrons. The van der Waals surface area contributed by atoms with Crippen molar-refractivity contribution in [3.8, 4) is 5.75 Å².